The number of benzene rings is 1. The van der Waals surface area contributed by atoms with Crippen molar-refractivity contribution in [1.82, 2.24) is 10.1 Å². The van der Waals surface area contributed by atoms with Crippen molar-refractivity contribution < 1.29 is 4.52 Å². The summed E-state index contributed by atoms with van der Waals surface area (Å²) in [5.74, 6) is 0.908. The molecule has 1 unspecified atom stereocenters. The minimum Gasteiger partial charge on any atom is -0.334 e. The fourth-order valence-corrected chi connectivity index (χ4v) is 2.16. The fourth-order valence-electron chi connectivity index (χ4n) is 1.60. The highest BCUT2D eigenvalue weighted by atomic mass is 79.9. The van der Waals surface area contributed by atoms with E-state index in [9.17, 15) is 0 Å². The Labute approximate surface area is 119 Å². The van der Waals surface area contributed by atoms with Crippen LogP contribution in [0.4, 0.5) is 0 Å². The molecule has 0 fully saturated rings. The van der Waals surface area contributed by atoms with Crippen LogP contribution in [0.3, 0.4) is 0 Å². The van der Waals surface area contributed by atoms with E-state index in [1.165, 1.54) is 0 Å². The Bertz CT molecular complexity index is 544. The molecule has 2 aromatic rings. The Balaban J connectivity index is 2.32. The normalized spacial score (nSPS) is 12.7. The predicted molar refractivity (Wildman–Crippen MR) is 74.3 cm³/mol. The van der Waals surface area contributed by atoms with Crippen LogP contribution in [-0.4, -0.2) is 10.1 Å². The minimum atomic E-state index is -0.196. The number of halogens is 2. The Kier molecular flexibility index (Phi) is 4.37. The number of hydrogen-bond donors (Lipinski definition) is 1. The van der Waals surface area contributed by atoms with Gasteiger partial charge in [-0.1, -0.05) is 46.0 Å². The summed E-state index contributed by atoms with van der Waals surface area (Å²) in [5.41, 5.74) is 6.64. The molecule has 0 amide bonds. The molecule has 1 aromatic heterocycles. The quantitative estimate of drug-likeness (QED) is 0.921. The number of aromatic nitrogens is 2. The van der Waals surface area contributed by atoms with Gasteiger partial charge in [0.2, 0.25) is 0 Å². The van der Waals surface area contributed by atoms with Gasteiger partial charge in [0.15, 0.2) is 5.82 Å². The number of rotatable bonds is 4. The molecule has 4 nitrogen and oxygen atoms in total. The lowest BCUT2D eigenvalue weighted by atomic mass is 10.2. The van der Waals surface area contributed by atoms with Crippen molar-refractivity contribution in [3.05, 3.63) is 33.5 Å². The van der Waals surface area contributed by atoms with E-state index < -0.39 is 0 Å². The summed E-state index contributed by atoms with van der Waals surface area (Å²) in [6, 6.07) is 5.27. The van der Waals surface area contributed by atoms with E-state index >= 15 is 0 Å². The van der Waals surface area contributed by atoms with E-state index in [-0.39, 0.29) is 6.04 Å². The lowest BCUT2D eigenvalue weighted by molar-refractivity contribution is 0.413. The van der Waals surface area contributed by atoms with Gasteiger partial charge in [-0.2, -0.15) is 4.98 Å². The summed E-state index contributed by atoms with van der Waals surface area (Å²) in [5, 5.41) is 4.46. The fraction of sp³-hybridized carbons (Fsp3) is 0.333. The SMILES string of the molecule is CCCC(N)c1noc(-c2cc(Br)ccc2Cl)n1. The summed E-state index contributed by atoms with van der Waals surface area (Å²) >= 11 is 9.48. The minimum absolute atomic E-state index is 0.196. The van der Waals surface area contributed by atoms with Crippen molar-refractivity contribution >= 4 is 27.5 Å². The van der Waals surface area contributed by atoms with Crippen molar-refractivity contribution in [1.29, 1.82) is 0 Å². The number of nitrogens with zero attached hydrogens (tertiary/aromatic N) is 2. The molecule has 1 aromatic carbocycles. The highest BCUT2D eigenvalue weighted by Crippen LogP contribution is 2.30. The first-order chi connectivity index (χ1) is 8.61. The molecule has 0 bridgehead atoms. The third kappa shape index (κ3) is 2.91. The largest absolute Gasteiger partial charge is 0.334 e. The maximum atomic E-state index is 6.10. The van der Waals surface area contributed by atoms with Gasteiger partial charge in [-0.3, -0.25) is 0 Å². The predicted octanol–water partition coefficient (Wildman–Crippen LogP) is 3.95. The molecule has 6 heteroatoms. The molecule has 0 radical (unpaired) electrons. The average Bonchev–Trinajstić information content (AvgIpc) is 2.82. The zero-order valence-electron chi connectivity index (χ0n) is 9.86. The Hall–Kier alpha value is -0.910. The molecule has 0 saturated heterocycles. The monoisotopic (exact) mass is 329 g/mol. The summed E-state index contributed by atoms with van der Waals surface area (Å²) in [6.45, 7) is 2.06. The van der Waals surface area contributed by atoms with Crippen LogP contribution in [0.5, 0.6) is 0 Å². The van der Waals surface area contributed by atoms with Crippen molar-refractivity contribution in [3.8, 4) is 11.5 Å². The maximum absolute atomic E-state index is 6.10. The van der Waals surface area contributed by atoms with Crippen molar-refractivity contribution in [2.24, 2.45) is 5.73 Å². The highest BCUT2D eigenvalue weighted by Gasteiger charge is 2.16. The second-order valence-electron chi connectivity index (χ2n) is 3.98. The maximum Gasteiger partial charge on any atom is 0.259 e. The van der Waals surface area contributed by atoms with Crippen LogP contribution in [0.2, 0.25) is 5.02 Å². The Morgan fingerprint density at radius 1 is 1.50 bits per heavy atom. The molecular weight excluding hydrogens is 318 g/mol. The van der Waals surface area contributed by atoms with Crippen LogP contribution in [0.15, 0.2) is 27.2 Å². The van der Waals surface area contributed by atoms with Gasteiger partial charge in [-0.05, 0) is 24.6 Å². The first-order valence-electron chi connectivity index (χ1n) is 5.66. The standard InChI is InChI=1S/C12H13BrClN3O/c1-2-3-10(15)11-16-12(18-17-11)8-6-7(13)4-5-9(8)14/h4-6,10H,2-3,15H2,1H3. The van der Waals surface area contributed by atoms with Gasteiger partial charge in [0.25, 0.3) is 5.89 Å². The molecule has 0 aliphatic heterocycles. The van der Waals surface area contributed by atoms with Gasteiger partial charge in [0.1, 0.15) is 0 Å². The molecular formula is C12H13BrClN3O. The Morgan fingerprint density at radius 2 is 2.28 bits per heavy atom. The molecule has 2 N–H and O–H groups in total. The van der Waals surface area contributed by atoms with Crippen LogP contribution in [0, 0.1) is 0 Å². The molecule has 0 aliphatic carbocycles. The molecule has 2 rings (SSSR count). The second kappa shape index (κ2) is 5.82. The lowest BCUT2D eigenvalue weighted by Crippen LogP contribution is -2.11. The van der Waals surface area contributed by atoms with Crippen LogP contribution in [0.1, 0.15) is 31.6 Å². The van der Waals surface area contributed by atoms with Crippen LogP contribution >= 0.6 is 27.5 Å². The summed E-state index contributed by atoms with van der Waals surface area (Å²) < 4.78 is 6.11. The number of nitrogens with two attached hydrogens (primary N) is 1. The van der Waals surface area contributed by atoms with Crippen LogP contribution in [-0.2, 0) is 0 Å². The highest BCUT2D eigenvalue weighted by molar-refractivity contribution is 9.10. The summed E-state index contributed by atoms with van der Waals surface area (Å²) in [7, 11) is 0. The molecule has 0 saturated carbocycles. The molecule has 18 heavy (non-hydrogen) atoms. The van der Waals surface area contributed by atoms with Gasteiger partial charge >= 0.3 is 0 Å². The molecule has 1 atom stereocenters. The third-order valence-electron chi connectivity index (χ3n) is 2.53. The third-order valence-corrected chi connectivity index (χ3v) is 3.35. The topological polar surface area (TPSA) is 64.9 Å². The van der Waals surface area contributed by atoms with Crippen molar-refractivity contribution in [3.63, 3.8) is 0 Å². The smallest absolute Gasteiger partial charge is 0.259 e. The molecule has 96 valence electrons. The van der Waals surface area contributed by atoms with Gasteiger partial charge in [-0.25, -0.2) is 0 Å². The van der Waals surface area contributed by atoms with Gasteiger partial charge in [0.05, 0.1) is 16.6 Å². The molecule has 0 spiro atoms. The van der Waals surface area contributed by atoms with Gasteiger partial charge < -0.3 is 10.3 Å². The van der Waals surface area contributed by atoms with Gasteiger partial charge in [-0.15, -0.1) is 0 Å². The van der Waals surface area contributed by atoms with E-state index in [1.807, 2.05) is 12.1 Å². The molecule has 0 aliphatic rings. The zero-order valence-corrected chi connectivity index (χ0v) is 12.2. The Morgan fingerprint density at radius 3 is 3.00 bits per heavy atom. The first-order valence-corrected chi connectivity index (χ1v) is 6.83. The van der Waals surface area contributed by atoms with Crippen LogP contribution in [0.25, 0.3) is 11.5 Å². The number of hydrogen-bond acceptors (Lipinski definition) is 4. The lowest BCUT2D eigenvalue weighted by Gasteiger charge is -2.02. The summed E-state index contributed by atoms with van der Waals surface area (Å²) in [6.07, 6.45) is 1.80. The van der Waals surface area contributed by atoms with Crippen LogP contribution < -0.4 is 5.73 Å². The molecule has 1 heterocycles. The van der Waals surface area contributed by atoms with E-state index in [2.05, 4.69) is 33.0 Å². The van der Waals surface area contributed by atoms with Crippen molar-refractivity contribution in [2.75, 3.05) is 0 Å². The van der Waals surface area contributed by atoms with Gasteiger partial charge in [0, 0.05) is 4.47 Å². The van der Waals surface area contributed by atoms with E-state index in [0.29, 0.717) is 22.3 Å². The van der Waals surface area contributed by atoms with E-state index in [4.69, 9.17) is 21.9 Å². The zero-order chi connectivity index (χ0) is 13.1. The second-order valence-corrected chi connectivity index (χ2v) is 5.30. The summed E-state index contributed by atoms with van der Waals surface area (Å²) in [4.78, 5) is 4.29. The van der Waals surface area contributed by atoms with Crippen molar-refractivity contribution in [2.45, 2.75) is 25.8 Å². The first kappa shape index (κ1) is 13.5. The van der Waals surface area contributed by atoms with E-state index in [0.717, 1.165) is 17.3 Å². The average molecular weight is 331 g/mol. The van der Waals surface area contributed by atoms with E-state index in [1.54, 1.807) is 6.07 Å².